The highest BCUT2D eigenvalue weighted by atomic mass is 35.5. The lowest BCUT2D eigenvalue weighted by atomic mass is 9.98. The molecule has 2 rings (SSSR count). The average Bonchev–Trinajstić information content (AvgIpc) is 2.75. The summed E-state index contributed by atoms with van der Waals surface area (Å²) in [5, 5.41) is 4.15. The minimum atomic E-state index is 0.0321. The maximum Gasteiger partial charge on any atom is 0.125 e. The second-order valence-electron chi connectivity index (χ2n) is 4.75. The molecule has 0 radical (unpaired) electrons. The molecule has 108 valence electrons. The molecule has 3 nitrogen and oxygen atoms in total. The first-order valence-corrected chi connectivity index (χ1v) is 7.08. The SMILES string of the molecule is CCNC(c1ccc(Cl)cc1OC)c1cc(C)oc1C. The molecule has 0 fully saturated rings. The molecule has 0 aliphatic rings. The van der Waals surface area contributed by atoms with Gasteiger partial charge in [0.25, 0.3) is 0 Å². The zero-order valence-corrected chi connectivity index (χ0v) is 13.0. The van der Waals surface area contributed by atoms with E-state index in [0.29, 0.717) is 5.02 Å². The van der Waals surface area contributed by atoms with Crippen LogP contribution >= 0.6 is 11.6 Å². The van der Waals surface area contributed by atoms with Gasteiger partial charge in [-0.1, -0.05) is 24.6 Å². The molecule has 1 aromatic heterocycles. The summed E-state index contributed by atoms with van der Waals surface area (Å²) in [6.07, 6.45) is 0. The Morgan fingerprint density at radius 3 is 2.55 bits per heavy atom. The molecule has 1 atom stereocenters. The summed E-state index contributed by atoms with van der Waals surface area (Å²) in [6, 6.07) is 7.81. The monoisotopic (exact) mass is 293 g/mol. The predicted molar refractivity (Wildman–Crippen MR) is 81.7 cm³/mol. The molecule has 0 spiro atoms. The number of benzene rings is 1. The Hall–Kier alpha value is -1.45. The van der Waals surface area contributed by atoms with Crippen LogP contribution in [-0.4, -0.2) is 13.7 Å². The smallest absolute Gasteiger partial charge is 0.125 e. The van der Waals surface area contributed by atoms with E-state index in [1.807, 2.05) is 32.0 Å². The summed E-state index contributed by atoms with van der Waals surface area (Å²) in [5.74, 6) is 2.61. The van der Waals surface area contributed by atoms with E-state index >= 15 is 0 Å². The maximum atomic E-state index is 6.04. The topological polar surface area (TPSA) is 34.4 Å². The third-order valence-electron chi connectivity index (χ3n) is 3.31. The van der Waals surface area contributed by atoms with Crippen molar-refractivity contribution in [1.29, 1.82) is 0 Å². The molecule has 1 aromatic carbocycles. The van der Waals surface area contributed by atoms with Crippen molar-refractivity contribution in [2.45, 2.75) is 26.8 Å². The van der Waals surface area contributed by atoms with Crippen LogP contribution < -0.4 is 10.1 Å². The van der Waals surface area contributed by atoms with Gasteiger partial charge in [-0.2, -0.15) is 0 Å². The van der Waals surface area contributed by atoms with Crippen LogP contribution in [0.15, 0.2) is 28.7 Å². The van der Waals surface area contributed by atoms with Crippen LogP contribution in [0, 0.1) is 13.8 Å². The van der Waals surface area contributed by atoms with Gasteiger partial charge < -0.3 is 14.5 Å². The summed E-state index contributed by atoms with van der Waals surface area (Å²) >= 11 is 6.04. The lowest BCUT2D eigenvalue weighted by Gasteiger charge is -2.20. The minimum absolute atomic E-state index is 0.0321. The van der Waals surface area contributed by atoms with E-state index in [-0.39, 0.29) is 6.04 Å². The molecule has 0 bridgehead atoms. The number of hydrogen-bond donors (Lipinski definition) is 1. The van der Waals surface area contributed by atoms with Gasteiger partial charge in [0.05, 0.1) is 13.2 Å². The number of halogens is 1. The normalized spacial score (nSPS) is 12.4. The van der Waals surface area contributed by atoms with Crippen LogP contribution in [0.1, 0.15) is 35.6 Å². The fourth-order valence-corrected chi connectivity index (χ4v) is 2.61. The van der Waals surface area contributed by atoms with Crippen molar-refractivity contribution >= 4 is 11.6 Å². The minimum Gasteiger partial charge on any atom is -0.496 e. The Morgan fingerprint density at radius 2 is 2.00 bits per heavy atom. The van der Waals surface area contributed by atoms with Gasteiger partial charge in [-0.3, -0.25) is 0 Å². The Labute approximate surface area is 124 Å². The highest BCUT2D eigenvalue weighted by Gasteiger charge is 2.21. The maximum absolute atomic E-state index is 6.04. The zero-order valence-electron chi connectivity index (χ0n) is 12.3. The van der Waals surface area contributed by atoms with Crippen LogP contribution in [0.5, 0.6) is 5.75 Å². The van der Waals surface area contributed by atoms with Gasteiger partial charge in [0.15, 0.2) is 0 Å². The molecular weight excluding hydrogens is 274 g/mol. The van der Waals surface area contributed by atoms with Crippen molar-refractivity contribution in [2.24, 2.45) is 0 Å². The van der Waals surface area contributed by atoms with E-state index in [9.17, 15) is 0 Å². The number of ether oxygens (including phenoxy) is 1. The molecule has 1 N–H and O–H groups in total. The number of nitrogens with one attached hydrogen (secondary N) is 1. The molecule has 20 heavy (non-hydrogen) atoms. The fraction of sp³-hybridized carbons (Fsp3) is 0.375. The van der Waals surface area contributed by atoms with E-state index in [1.165, 1.54) is 0 Å². The Kier molecular flexibility index (Phi) is 4.73. The quantitative estimate of drug-likeness (QED) is 0.894. The molecule has 0 aliphatic heterocycles. The Bertz CT molecular complexity index is 592. The van der Waals surface area contributed by atoms with Gasteiger partial charge in [0, 0.05) is 16.1 Å². The number of rotatable bonds is 5. The summed E-state index contributed by atoms with van der Waals surface area (Å²) in [4.78, 5) is 0. The largest absolute Gasteiger partial charge is 0.496 e. The second-order valence-corrected chi connectivity index (χ2v) is 5.18. The molecule has 0 saturated carbocycles. The van der Waals surface area contributed by atoms with Gasteiger partial charge in [0.2, 0.25) is 0 Å². The number of furan rings is 1. The predicted octanol–water partition coefficient (Wildman–Crippen LogP) is 4.26. The lowest BCUT2D eigenvalue weighted by Crippen LogP contribution is -2.22. The van der Waals surface area contributed by atoms with E-state index in [4.69, 9.17) is 20.8 Å². The van der Waals surface area contributed by atoms with Crippen LogP contribution in [0.25, 0.3) is 0 Å². The van der Waals surface area contributed by atoms with Crippen molar-refractivity contribution in [3.63, 3.8) is 0 Å². The molecule has 4 heteroatoms. The van der Waals surface area contributed by atoms with Crippen LogP contribution in [0.3, 0.4) is 0 Å². The molecular formula is C16H20ClNO2. The van der Waals surface area contributed by atoms with Crippen molar-refractivity contribution in [2.75, 3.05) is 13.7 Å². The van der Waals surface area contributed by atoms with Crippen LogP contribution in [0.4, 0.5) is 0 Å². The molecule has 0 amide bonds. The van der Waals surface area contributed by atoms with Gasteiger partial charge in [-0.25, -0.2) is 0 Å². The van der Waals surface area contributed by atoms with Crippen LogP contribution in [-0.2, 0) is 0 Å². The van der Waals surface area contributed by atoms with Gasteiger partial charge >= 0.3 is 0 Å². The van der Waals surface area contributed by atoms with Crippen LogP contribution in [0.2, 0.25) is 5.02 Å². The third-order valence-corrected chi connectivity index (χ3v) is 3.54. The molecule has 0 aliphatic carbocycles. The van der Waals surface area contributed by atoms with E-state index in [2.05, 4.69) is 18.3 Å². The lowest BCUT2D eigenvalue weighted by molar-refractivity contribution is 0.404. The molecule has 2 aromatic rings. The average molecular weight is 294 g/mol. The highest BCUT2D eigenvalue weighted by molar-refractivity contribution is 6.30. The highest BCUT2D eigenvalue weighted by Crippen LogP contribution is 2.34. The first-order chi connectivity index (χ1) is 9.56. The number of methoxy groups -OCH3 is 1. The first kappa shape index (κ1) is 14.9. The van der Waals surface area contributed by atoms with Gasteiger partial charge in [0.1, 0.15) is 17.3 Å². The fourth-order valence-electron chi connectivity index (χ4n) is 2.45. The van der Waals surface area contributed by atoms with Gasteiger partial charge in [-0.05, 0) is 38.6 Å². The van der Waals surface area contributed by atoms with Crippen molar-refractivity contribution in [3.05, 3.63) is 51.9 Å². The summed E-state index contributed by atoms with van der Waals surface area (Å²) in [7, 11) is 1.66. The third kappa shape index (κ3) is 3.00. The summed E-state index contributed by atoms with van der Waals surface area (Å²) < 4.78 is 11.1. The van der Waals surface area contributed by atoms with Crippen molar-refractivity contribution in [3.8, 4) is 5.75 Å². The molecule has 1 heterocycles. The summed E-state index contributed by atoms with van der Waals surface area (Å²) in [6.45, 7) is 6.87. The summed E-state index contributed by atoms with van der Waals surface area (Å²) in [5.41, 5.74) is 2.19. The van der Waals surface area contributed by atoms with Crippen molar-refractivity contribution in [1.82, 2.24) is 5.32 Å². The standard InChI is InChI=1S/C16H20ClNO2/c1-5-18-16(14-8-10(2)20-11(14)3)13-7-6-12(17)9-15(13)19-4/h6-9,16,18H,5H2,1-4H3. The number of hydrogen-bond acceptors (Lipinski definition) is 3. The zero-order chi connectivity index (χ0) is 14.7. The molecule has 1 unspecified atom stereocenters. The van der Waals surface area contributed by atoms with E-state index in [0.717, 1.165) is 34.9 Å². The first-order valence-electron chi connectivity index (χ1n) is 6.70. The van der Waals surface area contributed by atoms with Crippen molar-refractivity contribution < 1.29 is 9.15 Å². The van der Waals surface area contributed by atoms with E-state index in [1.54, 1.807) is 7.11 Å². The number of aryl methyl sites for hydroxylation is 2. The Balaban J connectivity index is 2.51. The Morgan fingerprint density at radius 1 is 1.25 bits per heavy atom. The molecule has 0 saturated heterocycles. The van der Waals surface area contributed by atoms with Gasteiger partial charge in [-0.15, -0.1) is 0 Å². The second kappa shape index (κ2) is 6.33. The van der Waals surface area contributed by atoms with E-state index < -0.39 is 0 Å².